The Balaban J connectivity index is 2.01. The van der Waals surface area contributed by atoms with Gasteiger partial charge in [-0.05, 0) is 47.7 Å². The molecule has 0 bridgehead atoms. The minimum Gasteiger partial charge on any atom is -0.507 e. The van der Waals surface area contributed by atoms with Gasteiger partial charge in [0, 0.05) is 5.39 Å². The summed E-state index contributed by atoms with van der Waals surface area (Å²) in [4.78, 5) is 3.24. The van der Waals surface area contributed by atoms with Crippen LogP contribution in [0.5, 0.6) is 5.75 Å². The van der Waals surface area contributed by atoms with E-state index in [1.165, 1.54) is 0 Å². The van der Waals surface area contributed by atoms with Gasteiger partial charge in [0.15, 0.2) is 0 Å². The third kappa shape index (κ3) is 3.29. The van der Waals surface area contributed by atoms with Crippen molar-refractivity contribution in [3.8, 4) is 11.8 Å². The van der Waals surface area contributed by atoms with Crippen LogP contribution in [-0.4, -0.2) is 5.11 Å². The first-order chi connectivity index (χ1) is 12.1. The molecule has 120 valence electrons. The second-order valence-corrected chi connectivity index (χ2v) is 5.48. The van der Waals surface area contributed by atoms with Gasteiger partial charge in [-0.15, -0.1) is 0 Å². The van der Waals surface area contributed by atoms with Crippen LogP contribution in [0.1, 0.15) is 12.5 Å². The van der Waals surface area contributed by atoms with Gasteiger partial charge in [-0.3, -0.25) is 0 Å². The van der Waals surface area contributed by atoms with Crippen molar-refractivity contribution in [2.45, 2.75) is 6.92 Å². The fourth-order valence-corrected chi connectivity index (χ4v) is 2.66. The topological polar surface area (TPSA) is 57.6 Å². The van der Waals surface area contributed by atoms with Gasteiger partial charge in [-0.25, -0.2) is 10.1 Å². The van der Waals surface area contributed by atoms with E-state index in [9.17, 15) is 5.11 Å². The van der Waals surface area contributed by atoms with Crippen LogP contribution >= 0.6 is 0 Å². The molecule has 4 heteroatoms. The number of fused-ring (bicyclic) bond motifs is 1. The fourth-order valence-electron chi connectivity index (χ4n) is 2.66. The van der Waals surface area contributed by atoms with E-state index >= 15 is 0 Å². The second-order valence-electron chi connectivity index (χ2n) is 5.48. The maximum Gasteiger partial charge on any atom is 0.269 e. The van der Waals surface area contributed by atoms with Crippen LogP contribution in [0.25, 0.3) is 21.7 Å². The molecule has 1 heterocycles. The Kier molecular flexibility index (Phi) is 4.37. The average Bonchev–Trinajstić information content (AvgIpc) is 2.62. The van der Waals surface area contributed by atoms with Crippen LogP contribution in [0, 0.1) is 17.9 Å². The molecule has 1 aliphatic rings. The van der Waals surface area contributed by atoms with Crippen molar-refractivity contribution in [3.05, 3.63) is 94.4 Å². The third-order valence-corrected chi connectivity index (χ3v) is 3.79. The van der Waals surface area contributed by atoms with E-state index in [4.69, 9.17) is 16.6 Å². The number of phenols is 1. The normalized spacial score (nSPS) is 15.8. The lowest BCUT2D eigenvalue weighted by Gasteiger charge is -2.13. The Bertz CT molecular complexity index is 1040. The van der Waals surface area contributed by atoms with Crippen LogP contribution in [0.3, 0.4) is 0 Å². The van der Waals surface area contributed by atoms with Gasteiger partial charge < -0.3 is 9.84 Å². The molecule has 0 fully saturated rings. The molecular formula is C21H14N2O2. The van der Waals surface area contributed by atoms with Crippen molar-refractivity contribution in [3.63, 3.8) is 0 Å². The van der Waals surface area contributed by atoms with Crippen LogP contribution in [0.15, 0.2) is 77.4 Å². The lowest BCUT2D eigenvalue weighted by atomic mass is 10.0. The van der Waals surface area contributed by atoms with Crippen LogP contribution < -0.4 is 0 Å². The summed E-state index contributed by atoms with van der Waals surface area (Å²) in [6, 6.07) is 13.0. The van der Waals surface area contributed by atoms with E-state index in [-0.39, 0.29) is 11.4 Å². The Morgan fingerprint density at radius 2 is 1.92 bits per heavy atom. The number of allylic oxidation sites excluding steroid dienone is 6. The molecule has 2 aromatic rings. The molecule has 1 N–H and O–H groups in total. The predicted molar refractivity (Wildman–Crippen MR) is 96.8 cm³/mol. The Morgan fingerprint density at radius 3 is 2.64 bits per heavy atom. The molecule has 0 unspecified atom stereocenters. The molecular weight excluding hydrogens is 312 g/mol. The molecule has 0 aliphatic carbocycles. The molecule has 3 rings (SSSR count). The van der Waals surface area contributed by atoms with Crippen molar-refractivity contribution < 1.29 is 9.84 Å². The number of phenolic OH excluding ortho intramolecular Hbond substituents is 1. The molecule has 0 spiro atoms. The summed E-state index contributed by atoms with van der Waals surface area (Å²) in [7, 11) is 0. The van der Waals surface area contributed by atoms with E-state index < -0.39 is 0 Å². The number of benzene rings is 2. The molecule has 0 saturated heterocycles. The minimum atomic E-state index is 0.0311. The standard InChI is InChI=1S/C21H14N2O2/c1-14-11-16(20(13-22)23-2)12-17(25-14)9-7-15-8-10-21(24)19-6-4-3-5-18(15)19/h3-12,24H,1H3. The van der Waals surface area contributed by atoms with Crippen molar-refractivity contribution in [1.82, 2.24) is 0 Å². The summed E-state index contributed by atoms with van der Waals surface area (Å²) >= 11 is 0. The van der Waals surface area contributed by atoms with Gasteiger partial charge >= 0.3 is 0 Å². The quantitative estimate of drug-likeness (QED) is 0.619. The summed E-state index contributed by atoms with van der Waals surface area (Å²) in [6.07, 6.45) is 7.01. The first kappa shape index (κ1) is 16.1. The number of nitrogens with zero attached hydrogens (tertiary/aromatic N) is 2. The van der Waals surface area contributed by atoms with Crippen molar-refractivity contribution >= 4 is 16.8 Å². The van der Waals surface area contributed by atoms with Gasteiger partial charge in [0.25, 0.3) is 5.70 Å². The van der Waals surface area contributed by atoms with E-state index in [1.54, 1.807) is 31.2 Å². The predicted octanol–water partition coefficient (Wildman–Crippen LogP) is 5.07. The smallest absolute Gasteiger partial charge is 0.269 e. The summed E-state index contributed by atoms with van der Waals surface area (Å²) in [6.45, 7) is 8.85. The summed E-state index contributed by atoms with van der Waals surface area (Å²) in [5.74, 6) is 1.40. The average molecular weight is 326 g/mol. The fraction of sp³-hybridized carbons (Fsp3) is 0.0476. The number of hydrogen-bond donors (Lipinski definition) is 1. The molecule has 0 radical (unpaired) electrons. The van der Waals surface area contributed by atoms with Crippen molar-refractivity contribution in [2.75, 3.05) is 0 Å². The molecule has 1 aliphatic heterocycles. The molecule has 0 aromatic heterocycles. The first-order valence-electron chi connectivity index (χ1n) is 7.61. The van der Waals surface area contributed by atoms with Gasteiger partial charge in [0.05, 0.1) is 12.6 Å². The van der Waals surface area contributed by atoms with Crippen molar-refractivity contribution in [2.24, 2.45) is 0 Å². The van der Waals surface area contributed by atoms with Crippen LogP contribution in [0.4, 0.5) is 0 Å². The Hall–Kier alpha value is -3.76. The third-order valence-electron chi connectivity index (χ3n) is 3.79. The first-order valence-corrected chi connectivity index (χ1v) is 7.61. The largest absolute Gasteiger partial charge is 0.507 e. The molecule has 0 saturated carbocycles. The maximum absolute atomic E-state index is 9.96. The monoisotopic (exact) mass is 326 g/mol. The lowest BCUT2D eigenvalue weighted by molar-refractivity contribution is 0.318. The zero-order valence-electron chi connectivity index (χ0n) is 13.5. The number of hydrogen-bond acceptors (Lipinski definition) is 3. The highest BCUT2D eigenvalue weighted by Gasteiger charge is 2.10. The zero-order valence-corrected chi connectivity index (χ0v) is 13.5. The molecule has 0 amide bonds. The van der Waals surface area contributed by atoms with Gasteiger partial charge in [0.1, 0.15) is 17.3 Å². The highest BCUT2D eigenvalue weighted by atomic mass is 16.5. The minimum absolute atomic E-state index is 0.0311. The van der Waals surface area contributed by atoms with E-state index in [0.29, 0.717) is 17.1 Å². The molecule has 4 nitrogen and oxygen atoms in total. The maximum atomic E-state index is 9.96. The number of nitriles is 1. The highest BCUT2D eigenvalue weighted by molar-refractivity contribution is 5.94. The number of rotatable bonds is 2. The lowest BCUT2D eigenvalue weighted by Crippen LogP contribution is -1.96. The Labute approximate surface area is 145 Å². The zero-order chi connectivity index (χ0) is 17.8. The Morgan fingerprint density at radius 1 is 1.16 bits per heavy atom. The van der Waals surface area contributed by atoms with Crippen molar-refractivity contribution in [1.29, 1.82) is 5.26 Å². The van der Waals surface area contributed by atoms with E-state index in [0.717, 1.165) is 16.3 Å². The molecule has 0 atom stereocenters. The highest BCUT2D eigenvalue weighted by Crippen LogP contribution is 2.29. The van der Waals surface area contributed by atoms with E-state index in [2.05, 4.69) is 4.85 Å². The van der Waals surface area contributed by atoms with Gasteiger partial charge in [0.2, 0.25) is 0 Å². The summed E-state index contributed by atoms with van der Waals surface area (Å²) < 4.78 is 5.65. The molecule has 2 aromatic carbocycles. The summed E-state index contributed by atoms with van der Waals surface area (Å²) in [5.41, 5.74) is 1.50. The van der Waals surface area contributed by atoms with Crippen LogP contribution in [0.2, 0.25) is 0 Å². The summed E-state index contributed by atoms with van der Waals surface area (Å²) in [5, 5.41) is 20.7. The number of aromatic hydroxyl groups is 1. The second kappa shape index (κ2) is 6.78. The van der Waals surface area contributed by atoms with Gasteiger partial charge in [-0.2, -0.15) is 0 Å². The van der Waals surface area contributed by atoms with Gasteiger partial charge in [-0.1, -0.05) is 36.4 Å². The van der Waals surface area contributed by atoms with E-state index in [1.807, 2.05) is 42.5 Å². The SMILES string of the molecule is [C-]#[N+]C(C#N)=C1C=C(C)OC(C=Cc2ccc(O)c3ccccc23)=C1. The molecule has 25 heavy (non-hydrogen) atoms. The number of ether oxygens (including phenoxy) is 1. The van der Waals surface area contributed by atoms with Crippen LogP contribution in [-0.2, 0) is 4.74 Å².